The Morgan fingerprint density at radius 2 is 1.65 bits per heavy atom. The van der Waals surface area contributed by atoms with Crippen molar-refractivity contribution in [2.75, 3.05) is 0 Å². The van der Waals surface area contributed by atoms with Gasteiger partial charge in [0.05, 0.1) is 5.92 Å². The van der Waals surface area contributed by atoms with Gasteiger partial charge in [-0.15, -0.1) is 0 Å². The fraction of sp³-hybridized carbons (Fsp3) is 0.250. The van der Waals surface area contributed by atoms with Crippen molar-refractivity contribution in [3.63, 3.8) is 0 Å². The number of Topliss-reactive ketones (excluding diaryl/α,β-unsaturated/α-hetero) is 1. The lowest BCUT2D eigenvalue weighted by molar-refractivity contribution is 0.101. The SMILES string of the molecule is CC(=O)c1c(C)[nH]c(C(c2ccccc2)c2ccc(C)[nH]2)c1C. The van der Waals surface area contributed by atoms with E-state index in [2.05, 4.69) is 53.3 Å². The topological polar surface area (TPSA) is 48.6 Å². The number of benzene rings is 1. The van der Waals surface area contributed by atoms with E-state index in [0.29, 0.717) is 0 Å². The molecule has 0 aliphatic heterocycles. The second kappa shape index (κ2) is 5.92. The van der Waals surface area contributed by atoms with Crippen LogP contribution < -0.4 is 0 Å². The number of ketones is 1. The number of aryl methyl sites for hydroxylation is 2. The van der Waals surface area contributed by atoms with Gasteiger partial charge in [-0.3, -0.25) is 4.79 Å². The zero-order chi connectivity index (χ0) is 16.6. The van der Waals surface area contributed by atoms with Crippen LogP contribution in [0.1, 0.15) is 57.1 Å². The van der Waals surface area contributed by atoms with Crippen molar-refractivity contribution >= 4 is 5.78 Å². The molecule has 3 nitrogen and oxygen atoms in total. The number of H-pyrrole nitrogens is 2. The average Bonchev–Trinajstić information content (AvgIpc) is 3.05. The largest absolute Gasteiger partial charge is 0.362 e. The van der Waals surface area contributed by atoms with E-state index in [1.165, 1.54) is 5.56 Å². The van der Waals surface area contributed by atoms with E-state index in [9.17, 15) is 4.79 Å². The second-order valence-electron chi connectivity index (χ2n) is 6.16. The molecule has 3 heteroatoms. The highest BCUT2D eigenvalue weighted by Crippen LogP contribution is 2.34. The first kappa shape index (κ1) is 15.3. The molecule has 0 spiro atoms. The summed E-state index contributed by atoms with van der Waals surface area (Å²) in [6.45, 7) is 7.68. The van der Waals surface area contributed by atoms with Gasteiger partial charge in [0.2, 0.25) is 0 Å². The van der Waals surface area contributed by atoms with Crippen LogP contribution in [-0.2, 0) is 0 Å². The lowest BCUT2D eigenvalue weighted by Gasteiger charge is -2.17. The monoisotopic (exact) mass is 306 g/mol. The van der Waals surface area contributed by atoms with E-state index < -0.39 is 0 Å². The Hall–Kier alpha value is -2.55. The summed E-state index contributed by atoms with van der Waals surface area (Å²) in [5.74, 6) is 0.175. The molecule has 3 rings (SSSR count). The van der Waals surface area contributed by atoms with Crippen LogP contribution in [0.5, 0.6) is 0 Å². The quantitative estimate of drug-likeness (QED) is 0.677. The molecule has 0 bridgehead atoms. The van der Waals surface area contributed by atoms with Crippen molar-refractivity contribution < 1.29 is 4.79 Å². The Labute approximate surface area is 136 Å². The molecule has 0 fully saturated rings. The van der Waals surface area contributed by atoms with Gasteiger partial charge in [-0.25, -0.2) is 0 Å². The summed E-state index contributed by atoms with van der Waals surface area (Å²) >= 11 is 0. The molecule has 1 atom stereocenters. The smallest absolute Gasteiger partial charge is 0.161 e. The first-order chi connectivity index (χ1) is 11.0. The number of aromatic nitrogens is 2. The van der Waals surface area contributed by atoms with Gasteiger partial charge in [-0.2, -0.15) is 0 Å². The third-order valence-corrected chi connectivity index (χ3v) is 4.42. The van der Waals surface area contributed by atoms with Gasteiger partial charge in [0.25, 0.3) is 0 Å². The van der Waals surface area contributed by atoms with Gasteiger partial charge in [-0.05, 0) is 51.0 Å². The minimum Gasteiger partial charge on any atom is -0.362 e. The first-order valence-corrected chi connectivity index (χ1v) is 7.89. The third-order valence-electron chi connectivity index (χ3n) is 4.42. The standard InChI is InChI=1S/C20H22N2O/c1-12-10-11-17(21-12)19(16-8-6-5-7-9-16)20-13(2)18(15(4)23)14(3)22-20/h5-11,19,21-22H,1-4H3. The molecule has 2 N–H and O–H groups in total. The van der Waals surface area contributed by atoms with E-state index >= 15 is 0 Å². The normalized spacial score (nSPS) is 12.3. The summed E-state index contributed by atoms with van der Waals surface area (Å²) in [7, 11) is 0. The van der Waals surface area contributed by atoms with E-state index in [0.717, 1.165) is 33.9 Å². The van der Waals surface area contributed by atoms with Crippen molar-refractivity contribution in [2.45, 2.75) is 33.6 Å². The first-order valence-electron chi connectivity index (χ1n) is 7.89. The fourth-order valence-corrected chi connectivity index (χ4v) is 3.43. The van der Waals surface area contributed by atoms with E-state index in [1.54, 1.807) is 6.92 Å². The Bertz CT molecular complexity index is 840. The highest BCUT2D eigenvalue weighted by atomic mass is 16.1. The molecule has 0 aliphatic rings. The Kier molecular flexibility index (Phi) is 3.95. The lowest BCUT2D eigenvalue weighted by Crippen LogP contribution is -2.06. The molecule has 3 aromatic rings. The second-order valence-corrected chi connectivity index (χ2v) is 6.16. The molecule has 118 valence electrons. The summed E-state index contributed by atoms with van der Waals surface area (Å²) in [4.78, 5) is 18.9. The van der Waals surface area contributed by atoms with E-state index in [4.69, 9.17) is 0 Å². The Morgan fingerprint density at radius 3 is 2.17 bits per heavy atom. The summed E-state index contributed by atoms with van der Waals surface area (Å²) in [5.41, 5.74) is 7.34. The minimum atomic E-state index is 0.0664. The highest BCUT2D eigenvalue weighted by Gasteiger charge is 2.25. The van der Waals surface area contributed by atoms with Crippen LogP contribution in [0.25, 0.3) is 0 Å². The van der Waals surface area contributed by atoms with Crippen LogP contribution >= 0.6 is 0 Å². The molecule has 0 saturated heterocycles. The number of nitrogens with one attached hydrogen (secondary N) is 2. The predicted molar refractivity (Wildman–Crippen MR) is 93.2 cm³/mol. The number of carbonyl (C=O) groups is 1. The molecule has 2 aromatic heterocycles. The molecule has 0 saturated carbocycles. The molecule has 0 radical (unpaired) electrons. The van der Waals surface area contributed by atoms with Gasteiger partial charge < -0.3 is 9.97 Å². The fourth-order valence-electron chi connectivity index (χ4n) is 3.43. The van der Waals surface area contributed by atoms with Crippen LogP contribution in [0.4, 0.5) is 0 Å². The van der Waals surface area contributed by atoms with Crippen molar-refractivity contribution in [3.05, 3.63) is 81.9 Å². The zero-order valence-corrected chi connectivity index (χ0v) is 14.0. The number of hydrogen-bond donors (Lipinski definition) is 2. The lowest BCUT2D eigenvalue weighted by atomic mass is 9.89. The summed E-state index contributed by atoms with van der Waals surface area (Å²) < 4.78 is 0. The molecule has 23 heavy (non-hydrogen) atoms. The molecule has 1 unspecified atom stereocenters. The van der Waals surface area contributed by atoms with E-state index in [-0.39, 0.29) is 11.7 Å². The minimum absolute atomic E-state index is 0.0664. The molecule has 1 aromatic carbocycles. The predicted octanol–water partition coefficient (Wildman–Crippen LogP) is 4.65. The number of aromatic amines is 2. The van der Waals surface area contributed by atoms with Crippen molar-refractivity contribution in [3.8, 4) is 0 Å². The van der Waals surface area contributed by atoms with Crippen molar-refractivity contribution in [1.29, 1.82) is 0 Å². The van der Waals surface area contributed by atoms with Gasteiger partial charge in [-0.1, -0.05) is 30.3 Å². The average molecular weight is 306 g/mol. The van der Waals surface area contributed by atoms with Gasteiger partial charge in [0, 0.05) is 28.3 Å². The number of rotatable bonds is 4. The van der Waals surface area contributed by atoms with Crippen LogP contribution in [0.15, 0.2) is 42.5 Å². The van der Waals surface area contributed by atoms with Gasteiger partial charge in [0.15, 0.2) is 5.78 Å². The molecule has 0 amide bonds. The maximum absolute atomic E-state index is 12.0. The molecular formula is C20H22N2O. The van der Waals surface area contributed by atoms with Gasteiger partial charge in [0.1, 0.15) is 0 Å². The third kappa shape index (κ3) is 2.74. The number of carbonyl (C=O) groups excluding carboxylic acids is 1. The maximum atomic E-state index is 12.0. The zero-order valence-electron chi connectivity index (χ0n) is 14.0. The number of hydrogen-bond acceptors (Lipinski definition) is 1. The summed E-state index contributed by atoms with van der Waals surface area (Å²) in [6, 6.07) is 14.6. The Balaban J connectivity index is 2.21. The van der Waals surface area contributed by atoms with Crippen LogP contribution in [0.2, 0.25) is 0 Å². The van der Waals surface area contributed by atoms with Crippen LogP contribution in [-0.4, -0.2) is 15.8 Å². The molecular weight excluding hydrogens is 284 g/mol. The molecule has 0 aliphatic carbocycles. The maximum Gasteiger partial charge on any atom is 0.161 e. The Morgan fingerprint density at radius 1 is 0.957 bits per heavy atom. The van der Waals surface area contributed by atoms with Crippen LogP contribution in [0.3, 0.4) is 0 Å². The highest BCUT2D eigenvalue weighted by molar-refractivity contribution is 5.97. The van der Waals surface area contributed by atoms with E-state index in [1.807, 2.05) is 19.9 Å². The van der Waals surface area contributed by atoms with Crippen LogP contribution in [0, 0.1) is 20.8 Å². The molecule has 2 heterocycles. The van der Waals surface area contributed by atoms with Gasteiger partial charge >= 0.3 is 0 Å². The summed E-state index contributed by atoms with van der Waals surface area (Å²) in [5, 5.41) is 0. The van der Waals surface area contributed by atoms with Crippen molar-refractivity contribution in [1.82, 2.24) is 9.97 Å². The summed E-state index contributed by atoms with van der Waals surface area (Å²) in [6.07, 6.45) is 0. The van der Waals surface area contributed by atoms with Crippen molar-refractivity contribution in [2.24, 2.45) is 0 Å².